The number of hydrogen-bond donors (Lipinski definition) is 2. The van der Waals surface area contributed by atoms with Crippen molar-refractivity contribution >= 4 is 29.0 Å². The molecule has 1 aliphatic rings. The molecule has 0 aliphatic carbocycles. The maximum Gasteiger partial charge on any atom is 0.228 e. The molecule has 7 nitrogen and oxygen atoms in total. The summed E-state index contributed by atoms with van der Waals surface area (Å²) in [5.41, 5.74) is 4.56. The van der Waals surface area contributed by atoms with Gasteiger partial charge in [0.05, 0.1) is 13.5 Å². The SMILES string of the molecule is COc1ccc(CC(=O)Nc2ccc(Nc3cc(C)nc(N4CCCCC4)n3)cc2)cc1C. The van der Waals surface area contributed by atoms with Crippen LogP contribution in [-0.2, 0) is 11.2 Å². The van der Waals surface area contributed by atoms with Crippen LogP contribution in [0.3, 0.4) is 0 Å². The predicted molar refractivity (Wildman–Crippen MR) is 133 cm³/mol. The lowest BCUT2D eigenvalue weighted by Crippen LogP contribution is -2.31. The fraction of sp³-hybridized carbons (Fsp3) is 0.346. The highest BCUT2D eigenvalue weighted by molar-refractivity contribution is 5.92. The summed E-state index contributed by atoms with van der Waals surface area (Å²) in [4.78, 5) is 24.1. The fourth-order valence-corrected chi connectivity index (χ4v) is 4.08. The van der Waals surface area contributed by atoms with Crippen LogP contribution in [0, 0.1) is 13.8 Å². The number of amides is 1. The van der Waals surface area contributed by atoms with Gasteiger partial charge >= 0.3 is 0 Å². The number of ether oxygens (including phenoxy) is 1. The molecule has 2 heterocycles. The molecule has 0 saturated carbocycles. The smallest absolute Gasteiger partial charge is 0.228 e. The molecule has 0 unspecified atom stereocenters. The molecule has 1 saturated heterocycles. The Morgan fingerprint density at radius 2 is 1.70 bits per heavy atom. The van der Waals surface area contributed by atoms with E-state index in [4.69, 9.17) is 9.72 Å². The van der Waals surface area contributed by atoms with E-state index in [0.29, 0.717) is 6.42 Å². The molecule has 2 N–H and O–H groups in total. The van der Waals surface area contributed by atoms with Gasteiger partial charge in [-0.2, -0.15) is 4.98 Å². The molecule has 0 radical (unpaired) electrons. The summed E-state index contributed by atoms with van der Waals surface area (Å²) < 4.78 is 5.28. The fourth-order valence-electron chi connectivity index (χ4n) is 4.08. The van der Waals surface area contributed by atoms with Crippen molar-refractivity contribution in [3.8, 4) is 5.75 Å². The molecule has 1 amide bonds. The van der Waals surface area contributed by atoms with E-state index in [1.165, 1.54) is 19.3 Å². The Hall–Kier alpha value is -3.61. The number of benzene rings is 2. The van der Waals surface area contributed by atoms with Crippen molar-refractivity contribution < 1.29 is 9.53 Å². The van der Waals surface area contributed by atoms with Gasteiger partial charge in [-0.1, -0.05) is 12.1 Å². The molecule has 3 aromatic rings. The zero-order valence-corrected chi connectivity index (χ0v) is 19.5. The lowest BCUT2D eigenvalue weighted by atomic mass is 10.1. The summed E-state index contributed by atoms with van der Waals surface area (Å²) in [6, 6.07) is 15.4. The van der Waals surface area contributed by atoms with Crippen LogP contribution in [0.2, 0.25) is 0 Å². The summed E-state index contributed by atoms with van der Waals surface area (Å²) in [6.07, 6.45) is 3.96. The average molecular weight is 446 g/mol. The normalized spacial score (nSPS) is 13.5. The van der Waals surface area contributed by atoms with Crippen molar-refractivity contribution in [2.45, 2.75) is 39.5 Å². The number of anilines is 4. The number of piperidine rings is 1. The predicted octanol–water partition coefficient (Wildman–Crippen LogP) is 5.02. The van der Waals surface area contributed by atoms with Gasteiger partial charge in [0.1, 0.15) is 11.6 Å². The first-order valence-electron chi connectivity index (χ1n) is 11.4. The Labute approximate surface area is 195 Å². The van der Waals surface area contributed by atoms with Gasteiger partial charge in [0.15, 0.2) is 0 Å². The van der Waals surface area contributed by atoms with E-state index in [1.54, 1.807) is 7.11 Å². The number of carbonyl (C=O) groups is 1. The van der Waals surface area contributed by atoms with Gasteiger partial charge < -0.3 is 20.3 Å². The Kier molecular flexibility index (Phi) is 7.07. The largest absolute Gasteiger partial charge is 0.496 e. The lowest BCUT2D eigenvalue weighted by molar-refractivity contribution is -0.115. The molecule has 0 spiro atoms. The van der Waals surface area contributed by atoms with E-state index in [-0.39, 0.29) is 5.91 Å². The van der Waals surface area contributed by atoms with E-state index in [2.05, 4.69) is 20.5 Å². The zero-order valence-electron chi connectivity index (χ0n) is 19.5. The van der Waals surface area contributed by atoms with Crippen LogP contribution in [0.25, 0.3) is 0 Å². The first-order chi connectivity index (χ1) is 16.0. The molecule has 1 aromatic heterocycles. The van der Waals surface area contributed by atoms with Gasteiger partial charge in [0.25, 0.3) is 0 Å². The number of nitrogens with one attached hydrogen (secondary N) is 2. The highest BCUT2D eigenvalue weighted by atomic mass is 16.5. The second-order valence-electron chi connectivity index (χ2n) is 8.47. The van der Waals surface area contributed by atoms with E-state index < -0.39 is 0 Å². The van der Waals surface area contributed by atoms with Gasteiger partial charge in [-0.15, -0.1) is 0 Å². The Morgan fingerprint density at radius 1 is 0.970 bits per heavy atom. The minimum Gasteiger partial charge on any atom is -0.496 e. The van der Waals surface area contributed by atoms with Crippen LogP contribution in [0.15, 0.2) is 48.5 Å². The number of aromatic nitrogens is 2. The van der Waals surface area contributed by atoms with Crippen molar-refractivity contribution in [1.82, 2.24) is 9.97 Å². The number of carbonyl (C=O) groups excluding carboxylic acids is 1. The summed E-state index contributed by atoms with van der Waals surface area (Å²) in [7, 11) is 1.65. The second kappa shape index (κ2) is 10.3. The van der Waals surface area contributed by atoms with Crippen molar-refractivity contribution in [3.05, 3.63) is 65.4 Å². The molecular formula is C26H31N5O2. The highest BCUT2D eigenvalue weighted by Gasteiger charge is 2.15. The molecule has 1 fully saturated rings. The van der Waals surface area contributed by atoms with Crippen molar-refractivity contribution in [3.63, 3.8) is 0 Å². The van der Waals surface area contributed by atoms with Crippen LogP contribution in [0.1, 0.15) is 36.1 Å². The number of hydrogen-bond acceptors (Lipinski definition) is 6. The van der Waals surface area contributed by atoms with Crippen LogP contribution in [0.4, 0.5) is 23.1 Å². The van der Waals surface area contributed by atoms with Gasteiger partial charge in [-0.05, 0) is 74.6 Å². The molecule has 2 aromatic carbocycles. The van der Waals surface area contributed by atoms with Crippen LogP contribution in [-0.4, -0.2) is 36.1 Å². The third kappa shape index (κ3) is 6.00. The number of methoxy groups -OCH3 is 1. The van der Waals surface area contributed by atoms with E-state index >= 15 is 0 Å². The Morgan fingerprint density at radius 3 is 2.39 bits per heavy atom. The second-order valence-corrected chi connectivity index (χ2v) is 8.47. The summed E-state index contributed by atoms with van der Waals surface area (Å²) in [6.45, 7) is 5.98. The minimum absolute atomic E-state index is 0.0575. The van der Waals surface area contributed by atoms with Crippen LogP contribution < -0.4 is 20.3 Å². The number of rotatable bonds is 7. The standard InChI is InChI=1S/C26H31N5O2/c1-18-15-20(7-12-23(18)33-3)17-25(32)29-22-10-8-21(9-11-22)28-24-16-19(2)27-26(30-24)31-13-5-4-6-14-31/h7-12,15-16H,4-6,13-14,17H2,1-3H3,(H,29,32)(H,27,28,30). The minimum atomic E-state index is -0.0575. The van der Waals surface area contributed by atoms with Crippen LogP contribution in [0.5, 0.6) is 5.75 Å². The third-order valence-corrected chi connectivity index (χ3v) is 5.75. The van der Waals surface area contributed by atoms with Gasteiger partial charge in [0.2, 0.25) is 11.9 Å². The van der Waals surface area contributed by atoms with Gasteiger partial charge in [0, 0.05) is 36.2 Å². The number of nitrogens with zero attached hydrogens (tertiary/aromatic N) is 3. The van der Waals surface area contributed by atoms with Crippen molar-refractivity contribution in [1.29, 1.82) is 0 Å². The molecule has 4 rings (SSSR count). The van der Waals surface area contributed by atoms with Crippen LogP contribution >= 0.6 is 0 Å². The molecule has 33 heavy (non-hydrogen) atoms. The molecule has 0 atom stereocenters. The van der Waals surface area contributed by atoms with E-state index in [9.17, 15) is 4.79 Å². The molecule has 0 bridgehead atoms. The topological polar surface area (TPSA) is 79.4 Å². The third-order valence-electron chi connectivity index (χ3n) is 5.75. The lowest BCUT2D eigenvalue weighted by Gasteiger charge is -2.27. The van der Waals surface area contributed by atoms with E-state index in [0.717, 1.165) is 58.8 Å². The molecule has 1 aliphatic heterocycles. The zero-order chi connectivity index (χ0) is 23.2. The summed E-state index contributed by atoms with van der Waals surface area (Å²) >= 11 is 0. The van der Waals surface area contributed by atoms with Crippen molar-refractivity contribution in [2.75, 3.05) is 35.7 Å². The average Bonchev–Trinajstić information content (AvgIpc) is 2.81. The Bertz CT molecular complexity index is 1110. The Balaban J connectivity index is 1.37. The first-order valence-corrected chi connectivity index (χ1v) is 11.4. The summed E-state index contributed by atoms with van der Waals surface area (Å²) in [5.74, 6) is 2.33. The molecule has 7 heteroatoms. The quantitative estimate of drug-likeness (QED) is 0.532. The highest BCUT2D eigenvalue weighted by Crippen LogP contribution is 2.23. The monoisotopic (exact) mass is 445 g/mol. The van der Waals surface area contributed by atoms with E-state index in [1.807, 2.05) is 62.4 Å². The first kappa shape index (κ1) is 22.6. The van der Waals surface area contributed by atoms with Gasteiger partial charge in [-0.25, -0.2) is 4.98 Å². The number of aryl methyl sites for hydroxylation is 2. The van der Waals surface area contributed by atoms with Crippen molar-refractivity contribution in [2.24, 2.45) is 0 Å². The molecule has 172 valence electrons. The maximum absolute atomic E-state index is 12.5. The maximum atomic E-state index is 12.5. The molecular weight excluding hydrogens is 414 g/mol. The summed E-state index contributed by atoms with van der Waals surface area (Å²) in [5, 5.41) is 6.32. The van der Waals surface area contributed by atoms with Gasteiger partial charge in [-0.3, -0.25) is 4.79 Å².